The standard InChI is InChI=1S/C14H27N3O3/c1-10(2)6-11(8-15)7-13(18)17-4-5-20-9-12(17)14(19)16-3/h10-12H,4-9,15H2,1-3H3,(H,16,19)/t11-,12?/m0/s1. The number of nitrogens with one attached hydrogen (secondary N) is 1. The Hall–Kier alpha value is -1.14. The molecule has 1 aliphatic heterocycles. The van der Waals surface area contributed by atoms with Crippen molar-refractivity contribution in [1.29, 1.82) is 0 Å². The Bertz CT molecular complexity index is 334. The number of carbonyl (C=O) groups is 2. The van der Waals surface area contributed by atoms with Gasteiger partial charge in [-0.05, 0) is 24.8 Å². The maximum atomic E-state index is 12.4. The van der Waals surface area contributed by atoms with Gasteiger partial charge in [-0.2, -0.15) is 0 Å². The van der Waals surface area contributed by atoms with E-state index in [0.717, 1.165) is 6.42 Å². The van der Waals surface area contributed by atoms with Gasteiger partial charge in [0, 0.05) is 20.0 Å². The molecule has 6 nitrogen and oxygen atoms in total. The quantitative estimate of drug-likeness (QED) is 0.718. The minimum absolute atomic E-state index is 0.00185. The van der Waals surface area contributed by atoms with Gasteiger partial charge in [0.25, 0.3) is 0 Å². The highest BCUT2D eigenvalue weighted by atomic mass is 16.5. The third kappa shape index (κ3) is 4.76. The molecule has 0 aliphatic carbocycles. The molecule has 0 aromatic rings. The average molecular weight is 285 g/mol. The molecule has 3 N–H and O–H groups in total. The summed E-state index contributed by atoms with van der Waals surface area (Å²) in [5.41, 5.74) is 5.74. The molecule has 0 aromatic heterocycles. The Labute approximate surface area is 121 Å². The monoisotopic (exact) mass is 285 g/mol. The summed E-state index contributed by atoms with van der Waals surface area (Å²) < 4.78 is 5.30. The summed E-state index contributed by atoms with van der Waals surface area (Å²) in [5.74, 6) is 0.510. The number of morpholine rings is 1. The molecule has 0 aromatic carbocycles. The second kappa shape index (κ2) is 8.21. The molecule has 1 heterocycles. The van der Waals surface area contributed by atoms with Crippen LogP contribution in [0.4, 0.5) is 0 Å². The van der Waals surface area contributed by atoms with E-state index in [0.29, 0.717) is 32.0 Å². The van der Waals surface area contributed by atoms with Crippen LogP contribution < -0.4 is 11.1 Å². The van der Waals surface area contributed by atoms with E-state index in [1.165, 1.54) is 0 Å². The molecule has 2 amide bonds. The van der Waals surface area contributed by atoms with Crippen LogP contribution in [0.1, 0.15) is 26.7 Å². The molecule has 20 heavy (non-hydrogen) atoms. The molecule has 0 bridgehead atoms. The van der Waals surface area contributed by atoms with Crippen molar-refractivity contribution in [3.05, 3.63) is 0 Å². The zero-order valence-corrected chi connectivity index (χ0v) is 12.7. The number of hydrogen-bond acceptors (Lipinski definition) is 4. The van der Waals surface area contributed by atoms with Gasteiger partial charge in [-0.15, -0.1) is 0 Å². The molecular formula is C14H27N3O3. The first-order chi connectivity index (χ1) is 9.49. The van der Waals surface area contributed by atoms with Gasteiger partial charge in [0.05, 0.1) is 13.2 Å². The first kappa shape index (κ1) is 16.9. The van der Waals surface area contributed by atoms with E-state index in [2.05, 4.69) is 19.2 Å². The van der Waals surface area contributed by atoms with Gasteiger partial charge < -0.3 is 20.7 Å². The van der Waals surface area contributed by atoms with Crippen molar-refractivity contribution in [2.24, 2.45) is 17.6 Å². The zero-order chi connectivity index (χ0) is 15.1. The number of likely N-dealkylation sites (N-methyl/N-ethyl adjacent to an activating group) is 1. The van der Waals surface area contributed by atoms with Gasteiger partial charge in [-0.1, -0.05) is 13.8 Å². The van der Waals surface area contributed by atoms with Crippen LogP contribution >= 0.6 is 0 Å². The third-order valence-corrected chi connectivity index (χ3v) is 3.60. The van der Waals surface area contributed by atoms with Crippen LogP contribution in [0.2, 0.25) is 0 Å². The highest BCUT2D eigenvalue weighted by Crippen LogP contribution is 2.18. The highest BCUT2D eigenvalue weighted by molar-refractivity contribution is 5.87. The van der Waals surface area contributed by atoms with Crippen LogP contribution in [0.3, 0.4) is 0 Å². The van der Waals surface area contributed by atoms with Crippen LogP contribution in [0.15, 0.2) is 0 Å². The van der Waals surface area contributed by atoms with Crippen LogP contribution in [0.5, 0.6) is 0 Å². The normalized spacial score (nSPS) is 20.9. The fourth-order valence-electron chi connectivity index (χ4n) is 2.58. The topological polar surface area (TPSA) is 84.7 Å². The molecule has 6 heteroatoms. The van der Waals surface area contributed by atoms with E-state index in [1.54, 1.807) is 11.9 Å². The first-order valence-corrected chi connectivity index (χ1v) is 7.28. The zero-order valence-electron chi connectivity index (χ0n) is 12.7. The van der Waals surface area contributed by atoms with Gasteiger partial charge in [-0.3, -0.25) is 9.59 Å². The summed E-state index contributed by atoms with van der Waals surface area (Å²) in [6.07, 6.45) is 1.33. The van der Waals surface area contributed by atoms with Crippen molar-refractivity contribution in [2.75, 3.05) is 33.4 Å². The second-order valence-corrected chi connectivity index (χ2v) is 5.73. The van der Waals surface area contributed by atoms with Crippen LogP contribution in [-0.4, -0.2) is 56.1 Å². The number of rotatable bonds is 6. The van der Waals surface area contributed by atoms with Crippen molar-refractivity contribution in [2.45, 2.75) is 32.7 Å². The van der Waals surface area contributed by atoms with E-state index in [1.807, 2.05) is 0 Å². The lowest BCUT2D eigenvalue weighted by Gasteiger charge is -2.35. The lowest BCUT2D eigenvalue weighted by molar-refractivity contribution is -0.149. The Morgan fingerprint density at radius 3 is 2.70 bits per heavy atom. The molecule has 1 fully saturated rings. The predicted octanol–water partition coefficient (Wildman–Crippen LogP) is -0.0291. The third-order valence-electron chi connectivity index (χ3n) is 3.60. The number of amides is 2. The summed E-state index contributed by atoms with van der Waals surface area (Å²) in [4.78, 5) is 25.8. The van der Waals surface area contributed by atoms with Crippen molar-refractivity contribution >= 4 is 11.8 Å². The lowest BCUT2D eigenvalue weighted by atomic mass is 9.93. The maximum absolute atomic E-state index is 12.4. The molecule has 116 valence electrons. The largest absolute Gasteiger partial charge is 0.377 e. The minimum Gasteiger partial charge on any atom is -0.377 e. The molecule has 1 aliphatic rings. The number of carbonyl (C=O) groups excluding carboxylic acids is 2. The molecule has 0 saturated carbocycles. The van der Waals surface area contributed by atoms with Crippen molar-refractivity contribution in [1.82, 2.24) is 10.2 Å². The Balaban J connectivity index is 2.64. The average Bonchev–Trinajstić information content (AvgIpc) is 2.45. The number of ether oxygens (including phenoxy) is 1. The fourth-order valence-corrected chi connectivity index (χ4v) is 2.58. The lowest BCUT2D eigenvalue weighted by Crippen LogP contribution is -2.55. The molecule has 2 atom stereocenters. The molecular weight excluding hydrogens is 258 g/mol. The summed E-state index contributed by atoms with van der Waals surface area (Å²) in [7, 11) is 1.57. The van der Waals surface area contributed by atoms with E-state index in [9.17, 15) is 9.59 Å². The smallest absolute Gasteiger partial charge is 0.244 e. The van der Waals surface area contributed by atoms with E-state index in [4.69, 9.17) is 10.5 Å². The summed E-state index contributed by atoms with van der Waals surface area (Å²) in [6, 6.07) is -0.515. The Kier molecular flexibility index (Phi) is 6.95. The SMILES string of the molecule is CNC(=O)C1COCCN1C(=O)C[C@@H](CN)CC(C)C. The second-order valence-electron chi connectivity index (χ2n) is 5.73. The van der Waals surface area contributed by atoms with Gasteiger partial charge in [-0.25, -0.2) is 0 Å². The van der Waals surface area contributed by atoms with Crippen molar-refractivity contribution in [3.8, 4) is 0 Å². The predicted molar refractivity (Wildman–Crippen MR) is 77.0 cm³/mol. The summed E-state index contributed by atoms with van der Waals surface area (Å²) in [6.45, 7) is 5.96. The Morgan fingerprint density at radius 1 is 1.45 bits per heavy atom. The van der Waals surface area contributed by atoms with Crippen LogP contribution in [-0.2, 0) is 14.3 Å². The first-order valence-electron chi connectivity index (χ1n) is 7.28. The minimum atomic E-state index is -0.515. The Morgan fingerprint density at radius 2 is 2.15 bits per heavy atom. The fraction of sp³-hybridized carbons (Fsp3) is 0.857. The van der Waals surface area contributed by atoms with E-state index in [-0.39, 0.29) is 24.3 Å². The number of hydrogen-bond donors (Lipinski definition) is 2. The van der Waals surface area contributed by atoms with Crippen molar-refractivity contribution < 1.29 is 14.3 Å². The van der Waals surface area contributed by atoms with E-state index < -0.39 is 6.04 Å². The summed E-state index contributed by atoms with van der Waals surface area (Å²) >= 11 is 0. The van der Waals surface area contributed by atoms with Crippen LogP contribution in [0, 0.1) is 11.8 Å². The van der Waals surface area contributed by atoms with Crippen molar-refractivity contribution in [3.63, 3.8) is 0 Å². The van der Waals surface area contributed by atoms with Gasteiger partial charge in [0.15, 0.2) is 0 Å². The molecule has 1 saturated heterocycles. The van der Waals surface area contributed by atoms with Gasteiger partial charge in [0.2, 0.25) is 11.8 Å². The maximum Gasteiger partial charge on any atom is 0.244 e. The number of nitrogens with two attached hydrogens (primary N) is 1. The highest BCUT2D eigenvalue weighted by Gasteiger charge is 2.32. The van der Waals surface area contributed by atoms with Gasteiger partial charge >= 0.3 is 0 Å². The van der Waals surface area contributed by atoms with Crippen LogP contribution in [0.25, 0.3) is 0 Å². The van der Waals surface area contributed by atoms with E-state index >= 15 is 0 Å². The summed E-state index contributed by atoms with van der Waals surface area (Å²) in [5, 5.41) is 2.58. The molecule has 1 unspecified atom stereocenters. The molecule has 0 spiro atoms. The van der Waals surface area contributed by atoms with Gasteiger partial charge in [0.1, 0.15) is 6.04 Å². The number of nitrogens with zero attached hydrogens (tertiary/aromatic N) is 1. The molecule has 1 rings (SSSR count). The molecule has 0 radical (unpaired) electrons.